The molecule has 158 valence electrons. The third-order valence-corrected chi connectivity index (χ3v) is 4.21. The number of ether oxygens (including phenoxy) is 1. The van der Waals surface area contributed by atoms with Crippen LogP contribution in [0.2, 0.25) is 0 Å². The van der Waals surface area contributed by atoms with E-state index in [2.05, 4.69) is 5.32 Å². The number of carbonyl (C=O) groups excluding carboxylic acids is 2. The van der Waals surface area contributed by atoms with Crippen LogP contribution < -0.4 is 5.32 Å². The second-order valence-corrected chi connectivity index (χ2v) is 6.84. The Kier molecular flexibility index (Phi) is 7.18. The molecule has 0 radical (unpaired) electrons. The summed E-state index contributed by atoms with van der Waals surface area (Å²) in [4.78, 5) is 46.1. The zero-order chi connectivity index (χ0) is 22.4. The van der Waals surface area contributed by atoms with Crippen molar-refractivity contribution < 1.29 is 24.2 Å². The van der Waals surface area contributed by atoms with Crippen LogP contribution in [0.1, 0.15) is 47.8 Å². The molecule has 0 aliphatic heterocycles. The van der Waals surface area contributed by atoms with Crippen LogP contribution in [-0.2, 0) is 9.53 Å². The zero-order valence-corrected chi connectivity index (χ0v) is 16.7. The number of nitro groups is 2. The molecule has 1 unspecified atom stereocenters. The lowest BCUT2D eigenvalue weighted by molar-refractivity contribution is -0.385. The van der Waals surface area contributed by atoms with Gasteiger partial charge in [-0.25, -0.2) is 0 Å². The maximum Gasteiger partial charge on any atom is 0.308 e. The lowest BCUT2D eigenvalue weighted by atomic mass is 10.0. The first-order valence-corrected chi connectivity index (χ1v) is 9.08. The van der Waals surface area contributed by atoms with Crippen LogP contribution >= 0.6 is 0 Å². The molecular formula is C20H21N3O7. The highest BCUT2D eigenvalue weighted by Crippen LogP contribution is 2.28. The number of rotatable bonds is 8. The molecule has 10 nitrogen and oxygen atoms in total. The van der Waals surface area contributed by atoms with Gasteiger partial charge in [0.1, 0.15) is 0 Å². The molecule has 0 saturated heterocycles. The van der Waals surface area contributed by atoms with E-state index in [-0.39, 0.29) is 34.5 Å². The third-order valence-electron chi connectivity index (χ3n) is 4.21. The molecule has 1 N–H and O–H groups in total. The first-order valence-electron chi connectivity index (χ1n) is 9.08. The molecule has 2 aromatic carbocycles. The Morgan fingerprint density at radius 3 is 2.23 bits per heavy atom. The molecule has 0 heterocycles. The van der Waals surface area contributed by atoms with Gasteiger partial charge < -0.3 is 10.1 Å². The minimum Gasteiger partial charge on any atom is -0.463 e. The van der Waals surface area contributed by atoms with Crippen molar-refractivity contribution in [3.8, 4) is 0 Å². The molecule has 0 spiro atoms. The number of hydrogen-bond donors (Lipinski definition) is 1. The van der Waals surface area contributed by atoms with Crippen LogP contribution in [0.25, 0.3) is 0 Å². The van der Waals surface area contributed by atoms with Crippen LogP contribution in [0, 0.1) is 27.2 Å². The summed E-state index contributed by atoms with van der Waals surface area (Å²) in [5.41, 5.74) is 0.172. The number of aryl methyl sites for hydroxylation is 1. The van der Waals surface area contributed by atoms with Crippen molar-refractivity contribution >= 4 is 23.3 Å². The molecule has 30 heavy (non-hydrogen) atoms. The summed E-state index contributed by atoms with van der Waals surface area (Å²) >= 11 is 0. The van der Waals surface area contributed by atoms with E-state index in [1.807, 2.05) is 0 Å². The minimum atomic E-state index is -1.03. The summed E-state index contributed by atoms with van der Waals surface area (Å²) in [5.74, 6) is -1.26. The van der Waals surface area contributed by atoms with Gasteiger partial charge in [0.15, 0.2) is 0 Å². The topological polar surface area (TPSA) is 142 Å². The normalized spacial score (nSPS) is 11.6. The number of carbonyl (C=O) groups is 2. The highest BCUT2D eigenvalue weighted by Gasteiger charge is 2.27. The number of nitrogens with one attached hydrogen (secondary N) is 1. The average Bonchev–Trinajstić information content (AvgIpc) is 2.66. The van der Waals surface area contributed by atoms with Crippen LogP contribution in [0.15, 0.2) is 42.5 Å². The van der Waals surface area contributed by atoms with Gasteiger partial charge in [-0.15, -0.1) is 0 Å². The Labute approximate surface area is 172 Å². The van der Waals surface area contributed by atoms with Crippen molar-refractivity contribution in [2.45, 2.75) is 39.3 Å². The highest BCUT2D eigenvalue weighted by molar-refractivity contribution is 5.95. The number of esters is 1. The Bertz CT molecular complexity index is 988. The van der Waals surface area contributed by atoms with E-state index in [9.17, 15) is 29.8 Å². The fourth-order valence-corrected chi connectivity index (χ4v) is 2.91. The standard InChI is InChI=1S/C20H21N3O7/c1-12(2)30-19(24)11-16(15-6-4-5-7-18(15)23(28)29)21-20(25)14-8-9-17(22(26)27)13(3)10-14/h4-10,12,16H,11H2,1-3H3,(H,21,25). The molecule has 0 bridgehead atoms. The Hall–Kier alpha value is -3.82. The summed E-state index contributed by atoms with van der Waals surface area (Å²) in [6, 6.07) is 8.57. The third kappa shape index (κ3) is 5.60. The first kappa shape index (κ1) is 22.5. The molecule has 0 saturated carbocycles. The summed E-state index contributed by atoms with van der Waals surface area (Å²) in [7, 11) is 0. The molecular weight excluding hydrogens is 394 g/mol. The van der Waals surface area contributed by atoms with Gasteiger partial charge in [-0.05, 0) is 32.9 Å². The quantitative estimate of drug-likeness (QED) is 0.394. The van der Waals surface area contributed by atoms with E-state index in [4.69, 9.17) is 4.74 Å². The second kappa shape index (κ2) is 9.59. The van der Waals surface area contributed by atoms with Crippen LogP contribution in [0.5, 0.6) is 0 Å². The molecule has 0 fully saturated rings. The van der Waals surface area contributed by atoms with Gasteiger partial charge in [0.2, 0.25) is 0 Å². The van der Waals surface area contributed by atoms with Crippen molar-refractivity contribution in [2.75, 3.05) is 0 Å². The predicted molar refractivity (Wildman–Crippen MR) is 107 cm³/mol. The van der Waals surface area contributed by atoms with Crippen molar-refractivity contribution in [1.82, 2.24) is 5.32 Å². The average molecular weight is 415 g/mol. The summed E-state index contributed by atoms with van der Waals surface area (Å²) in [6.45, 7) is 4.82. The van der Waals surface area contributed by atoms with Crippen LogP contribution in [0.4, 0.5) is 11.4 Å². The first-order chi connectivity index (χ1) is 14.1. The number of amides is 1. The predicted octanol–water partition coefficient (Wildman–Crippen LogP) is 3.62. The van der Waals surface area contributed by atoms with Crippen molar-refractivity contribution in [1.29, 1.82) is 0 Å². The molecule has 1 amide bonds. The summed E-state index contributed by atoms with van der Waals surface area (Å²) < 4.78 is 5.12. The smallest absolute Gasteiger partial charge is 0.308 e. The molecule has 1 atom stereocenters. The second-order valence-electron chi connectivity index (χ2n) is 6.84. The lowest BCUT2D eigenvalue weighted by Gasteiger charge is -2.19. The van der Waals surface area contributed by atoms with E-state index in [0.717, 1.165) is 0 Å². The Morgan fingerprint density at radius 1 is 1.03 bits per heavy atom. The Morgan fingerprint density at radius 2 is 1.67 bits per heavy atom. The zero-order valence-electron chi connectivity index (χ0n) is 16.7. The number of nitro benzene ring substituents is 2. The minimum absolute atomic E-state index is 0.124. The van der Waals surface area contributed by atoms with Crippen molar-refractivity contribution in [3.05, 3.63) is 79.4 Å². The molecule has 2 aromatic rings. The van der Waals surface area contributed by atoms with E-state index >= 15 is 0 Å². The largest absolute Gasteiger partial charge is 0.463 e. The Balaban J connectivity index is 2.37. The van der Waals surface area contributed by atoms with Gasteiger partial charge in [0, 0.05) is 23.3 Å². The van der Waals surface area contributed by atoms with Gasteiger partial charge in [0.25, 0.3) is 17.3 Å². The van der Waals surface area contributed by atoms with E-state index < -0.39 is 33.9 Å². The van der Waals surface area contributed by atoms with Crippen LogP contribution in [-0.4, -0.2) is 27.8 Å². The van der Waals surface area contributed by atoms with Gasteiger partial charge in [-0.2, -0.15) is 0 Å². The van der Waals surface area contributed by atoms with E-state index in [0.29, 0.717) is 0 Å². The summed E-state index contributed by atoms with van der Waals surface area (Å²) in [6.07, 6.45) is -0.710. The SMILES string of the molecule is Cc1cc(C(=O)NC(CC(=O)OC(C)C)c2ccccc2[N+](=O)[O-])ccc1[N+](=O)[O-]. The van der Waals surface area contributed by atoms with Gasteiger partial charge in [-0.1, -0.05) is 18.2 Å². The monoisotopic (exact) mass is 415 g/mol. The number of nitrogens with zero attached hydrogens (tertiary/aromatic N) is 2. The fraction of sp³-hybridized carbons (Fsp3) is 0.300. The summed E-state index contributed by atoms with van der Waals surface area (Å²) in [5, 5.41) is 25.0. The van der Waals surface area contributed by atoms with Crippen LogP contribution in [0.3, 0.4) is 0 Å². The maximum absolute atomic E-state index is 12.7. The number of hydrogen-bond acceptors (Lipinski definition) is 7. The molecule has 10 heteroatoms. The van der Waals surface area contributed by atoms with Gasteiger partial charge in [0.05, 0.1) is 34.0 Å². The van der Waals surface area contributed by atoms with Crippen molar-refractivity contribution in [3.63, 3.8) is 0 Å². The molecule has 0 aromatic heterocycles. The van der Waals surface area contributed by atoms with Gasteiger partial charge in [-0.3, -0.25) is 29.8 Å². The molecule has 0 aliphatic rings. The van der Waals surface area contributed by atoms with E-state index in [1.165, 1.54) is 43.3 Å². The molecule has 0 aliphatic carbocycles. The fourth-order valence-electron chi connectivity index (χ4n) is 2.91. The number of benzene rings is 2. The highest BCUT2D eigenvalue weighted by atomic mass is 16.6. The lowest BCUT2D eigenvalue weighted by Crippen LogP contribution is -2.31. The maximum atomic E-state index is 12.7. The van der Waals surface area contributed by atoms with E-state index in [1.54, 1.807) is 19.9 Å². The number of para-hydroxylation sites is 1. The van der Waals surface area contributed by atoms with Gasteiger partial charge >= 0.3 is 5.97 Å². The van der Waals surface area contributed by atoms with Crippen molar-refractivity contribution in [2.24, 2.45) is 0 Å². The molecule has 2 rings (SSSR count).